The first-order chi connectivity index (χ1) is 5.99. The third kappa shape index (κ3) is 1.54. The van der Waals surface area contributed by atoms with Crippen LogP contribution in [-0.4, -0.2) is 28.0 Å². The number of aromatic nitrogens is 1. The van der Waals surface area contributed by atoms with Crippen LogP contribution in [0.4, 0.5) is 13.2 Å². The summed E-state index contributed by atoms with van der Waals surface area (Å²) in [6.07, 6.45) is -5.21. The first-order valence-corrected chi connectivity index (χ1v) is 3.46. The number of rotatable bonds is 3. The fourth-order valence-corrected chi connectivity index (χ4v) is 0.929. The summed E-state index contributed by atoms with van der Waals surface area (Å²) in [5.41, 5.74) is -3.64. The molecule has 0 aromatic carbocycles. The molecule has 0 aliphatic carbocycles. The minimum Gasteiger partial charge on any atom is -0.374 e. The normalized spacial score (nSPS) is 18.6. The lowest BCUT2D eigenvalue weighted by Crippen LogP contribution is -2.43. The molecule has 0 saturated heterocycles. The van der Waals surface area contributed by atoms with Crippen molar-refractivity contribution in [2.75, 3.05) is 0 Å². The van der Waals surface area contributed by atoms with E-state index in [2.05, 4.69) is 4.98 Å². The van der Waals surface area contributed by atoms with Crippen LogP contribution < -0.4 is 0 Å². The number of aliphatic hydroxyl groups excluding tert-OH is 1. The van der Waals surface area contributed by atoms with Crippen LogP contribution in [-0.2, 0) is 5.60 Å². The lowest BCUT2D eigenvalue weighted by Gasteiger charge is -2.26. The van der Waals surface area contributed by atoms with Crippen molar-refractivity contribution in [2.45, 2.75) is 18.4 Å². The van der Waals surface area contributed by atoms with Crippen LogP contribution in [0, 0.1) is 0 Å². The van der Waals surface area contributed by atoms with Gasteiger partial charge in [0.05, 0.1) is 5.69 Å². The third-order valence-electron chi connectivity index (χ3n) is 1.73. The number of aliphatic hydroxyl groups is 2. The van der Waals surface area contributed by atoms with Gasteiger partial charge in [-0.1, -0.05) is 0 Å². The molecule has 0 amide bonds. The number of hydrogen-bond acceptors (Lipinski definition) is 2. The first-order valence-electron chi connectivity index (χ1n) is 3.46. The Kier molecular flexibility index (Phi) is 2.63. The zero-order valence-electron chi connectivity index (χ0n) is 6.42. The molecule has 2 atom stereocenters. The summed E-state index contributed by atoms with van der Waals surface area (Å²) in [6.45, 7) is 0. The second kappa shape index (κ2) is 3.39. The van der Waals surface area contributed by atoms with E-state index >= 15 is 0 Å². The van der Waals surface area contributed by atoms with Crippen LogP contribution in [0.2, 0.25) is 0 Å². The van der Waals surface area contributed by atoms with Crippen molar-refractivity contribution in [2.24, 2.45) is 0 Å². The molecule has 0 aliphatic rings. The molecule has 74 valence electrons. The summed E-state index contributed by atoms with van der Waals surface area (Å²) in [5, 5.41) is 17.5. The summed E-state index contributed by atoms with van der Waals surface area (Å²) in [5.74, 6) is 0. The quantitative estimate of drug-likeness (QED) is 0.666. The number of halogens is 3. The summed E-state index contributed by atoms with van der Waals surface area (Å²) >= 11 is 0. The van der Waals surface area contributed by atoms with E-state index in [1.54, 1.807) is 0 Å². The molecule has 1 heterocycles. The maximum atomic E-state index is 12.4. The van der Waals surface area contributed by atoms with Crippen LogP contribution in [0.3, 0.4) is 0 Å². The van der Waals surface area contributed by atoms with Gasteiger partial charge in [0.2, 0.25) is 12.0 Å². The van der Waals surface area contributed by atoms with Gasteiger partial charge in [-0.15, -0.1) is 0 Å². The number of alkyl halides is 3. The first kappa shape index (κ1) is 10.1. The van der Waals surface area contributed by atoms with Crippen molar-refractivity contribution < 1.29 is 23.4 Å². The number of nitrogens with one attached hydrogen (secondary N) is 1. The van der Waals surface area contributed by atoms with Gasteiger partial charge in [0.15, 0.2) is 0 Å². The highest BCUT2D eigenvalue weighted by Gasteiger charge is 2.48. The highest BCUT2D eigenvalue weighted by molar-refractivity contribution is 5.15. The van der Waals surface area contributed by atoms with Crippen molar-refractivity contribution in [1.82, 2.24) is 4.98 Å². The molecule has 1 aromatic rings. The highest BCUT2D eigenvalue weighted by Crippen LogP contribution is 2.31. The highest BCUT2D eigenvalue weighted by atomic mass is 19.3. The molecule has 2 unspecified atom stereocenters. The second-order valence-electron chi connectivity index (χ2n) is 2.55. The molecule has 3 N–H and O–H groups in total. The molecule has 0 radical (unpaired) electrons. The zero-order valence-corrected chi connectivity index (χ0v) is 6.42. The van der Waals surface area contributed by atoms with Gasteiger partial charge in [0, 0.05) is 6.20 Å². The molecule has 0 spiro atoms. The maximum Gasteiger partial charge on any atom is 0.277 e. The average Bonchev–Trinajstić information content (AvgIpc) is 2.54. The van der Waals surface area contributed by atoms with E-state index in [1.807, 2.05) is 0 Å². The number of aromatic amines is 1. The van der Waals surface area contributed by atoms with E-state index in [1.165, 1.54) is 12.3 Å². The molecule has 13 heavy (non-hydrogen) atoms. The molecule has 1 rings (SSSR count). The predicted octanol–water partition coefficient (Wildman–Crippen LogP) is 0.755. The fraction of sp³-hybridized carbons (Fsp3) is 0.429. The number of hydrogen-bond donors (Lipinski definition) is 3. The summed E-state index contributed by atoms with van der Waals surface area (Å²) in [6, 6.07) is 2.38. The predicted molar refractivity (Wildman–Crippen MR) is 37.8 cm³/mol. The van der Waals surface area contributed by atoms with Gasteiger partial charge in [-0.2, -0.15) is 0 Å². The van der Waals surface area contributed by atoms with Crippen LogP contribution in [0.15, 0.2) is 18.3 Å². The van der Waals surface area contributed by atoms with Crippen LogP contribution in [0.5, 0.6) is 0 Å². The van der Waals surface area contributed by atoms with E-state index in [9.17, 15) is 13.2 Å². The van der Waals surface area contributed by atoms with Crippen molar-refractivity contribution >= 4 is 0 Å². The molecule has 0 aliphatic heterocycles. The average molecular weight is 195 g/mol. The minimum absolute atomic E-state index is 0.461. The van der Waals surface area contributed by atoms with Crippen molar-refractivity contribution in [3.63, 3.8) is 0 Å². The molecule has 0 bridgehead atoms. The maximum absolute atomic E-state index is 12.4. The van der Waals surface area contributed by atoms with E-state index in [0.29, 0.717) is 0 Å². The van der Waals surface area contributed by atoms with Gasteiger partial charge in [-0.25, -0.2) is 13.2 Å². The monoisotopic (exact) mass is 195 g/mol. The second-order valence-corrected chi connectivity index (χ2v) is 2.55. The Labute approximate surface area is 71.8 Å². The molecule has 6 heteroatoms. The van der Waals surface area contributed by atoms with Crippen LogP contribution in [0.1, 0.15) is 5.69 Å². The summed E-state index contributed by atoms with van der Waals surface area (Å²) < 4.78 is 36.8. The topological polar surface area (TPSA) is 56.2 Å². The Bertz CT molecular complexity index is 253. The lowest BCUT2D eigenvalue weighted by molar-refractivity contribution is -0.212. The van der Waals surface area contributed by atoms with Crippen LogP contribution in [0.25, 0.3) is 0 Å². The largest absolute Gasteiger partial charge is 0.374 e. The Hall–Kier alpha value is -1.01. The standard InChI is InChI=1S/C7H8F3NO2/c8-5(9)7(13,6(10)12)4-2-1-3-11-4/h1-3,5-6,11-13H. The van der Waals surface area contributed by atoms with Gasteiger partial charge in [-0.3, -0.25) is 0 Å². The Morgan fingerprint density at radius 2 is 2.00 bits per heavy atom. The summed E-state index contributed by atoms with van der Waals surface area (Å²) in [4.78, 5) is 2.21. The molecule has 0 fully saturated rings. The van der Waals surface area contributed by atoms with E-state index in [4.69, 9.17) is 10.2 Å². The smallest absolute Gasteiger partial charge is 0.277 e. The van der Waals surface area contributed by atoms with Gasteiger partial charge in [-0.05, 0) is 12.1 Å². The van der Waals surface area contributed by atoms with Crippen molar-refractivity contribution in [3.05, 3.63) is 24.0 Å². The van der Waals surface area contributed by atoms with Crippen molar-refractivity contribution in [1.29, 1.82) is 0 Å². The van der Waals surface area contributed by atoms with E-state index < -0.39 is 24.1 Å². The van der Waals surface area contributed by atoms with E-state index in [0.717, 1.165) is 6.07 Å². The number of H-pyrrole nitrogens is 1. The Morgan fingerprint density at radius 1 is 1.38 bits per heavy atom. The molecule has 1 aromatic heterocycles. The molecular weight excluding hydrogens is 187 g/mol. The van der Waals surface area contributed by atoms with E-state index in [-0.39, 0.29) is 0 Å². The fourth-order valence-electron chi connectivity index (χ4n) is 0.929. The molecular formula is C7H8F3NO2. The minimum atomic E-state index is -3.41. The zero-order chi connectivity index (χ0) is 10.1. The third-order valence-corrected chi connectivity index (χ3v) is 1.73. The van der Waals surface area contributed by atoms with Crippen molar-refractivity contribution in [3.8, 4) is 0 Å². The summed E-state index contributed by atoms with van der Waals surface area (Å²) in [7, 11) is 0. The Balaban J connectivity index is 3.06. The van der Waals surface area contributed by atoms with Gasteiger partial charge >= 0.3 is 0 Å². The van der Waals surface area contributed by atoms with Gasteiger partial charge in [0.1, 0.15) is 0 Å². The SMILES string of the molecule is OC(F)C(O)(c1ccc[nH]1)C(F)F. The van der Waals surface area contributed by atoms with Crippen LogP contribution >= 0.6 is 0 Å². The Morgan fingerprint density at radius 3 is 2.31 bits per heavy atom. The van der Waals surface area contributed by atoms with Gasteiger partial charge < -0.3 is 15.2 Å². The molecule has 0 saturated carbocycles. The van der Waals surface area contributed by atoms with Gasteiger partial charge in [0.25, 0.3) is 6.43 Å². The lowest BCUT2D eigenvalue weighted by atomic mass is 10.0. The molecule has 3 nitrogen and oxygen atoms in total.